The summed E-state index contributed by atoms with van der Waals surface area (Å²) >= 11 is 0. The van der Waals surface area contributed by atoms with Gasteiger partial charge in [0.1, 0.15) is 0 Å². The van der Waals surface area contributed by atoms with Gasteiger partial charge in [0.2, 0.25) is 0 Å². The van der Waals surface area contributed by atoms with Gasteiger partial charge in [-0.1, -0.05) is 0 Å². The Balaban J connectivity index is 0. The number of rotatable bonds is 0. The zero-order valence-electron chi connectivity index (χ0n) is 1.13. The van der Waals surface area contributed by atoms with Gasteiger partial charge in [-0.05, 0) is 0 Å². The fourth-order valence-electron chi connectivity index (χ4n) is 0. The molecule has 0 aliphatic heterocycles. The van der Waals surface area contributed by atoms with Crippen LogP contribution in [-0.4, -0.2) is 8.41 Å². The molecule has 0 heterocycles. The molecule has 0 radical (unpaired) electrons. The summed E-state index contributed by atoms with van der Waals surface area (Å²) in [7, 11) is 0. The zero-order valence-corrected chi connectivity index (χ0v) is 7.06. The normalized spacial score (nSPS) is 0. The minimum atomic E-state index is 0. The van der Waals surface area contributed by atoms with Gasteiger partial charge < -0.3 is 0 Å². The van der Waals surface area contributed by atoms with Crippen LogP contribution in [0.5, 0.6) is 0 Å². The van der Waals surface area contributed by atoms with Crippen LogP contribution in [0.15, 0.2) is 0 Å². The van der Waals surface area contributed by atoms with Crippen LogP contribution in [0.2, 0.25) is 0 Å². The molecule has 0 saturated carbocycles. The molecule has 0 aromatic carbocycles. The summed E-state index contributed by atoms with van der Waals surface area (Å²) in [4.78, 5) is 0. The Morgan fingerprint density at radius 2 is 1.00 bits per heavy atom. The quantitative estimate of drug-likeness (QED) is 0.481. The zero-order chi connectivity index (χ0) is 0. The molecule has 0 aromatic rings. The summed E-state index contributed by atoms with van der Waals surface area (Å²) in [5.41, 5.74) is 0. The van der Waals surface area contributed by atoms with Crippen molar-refractivity contribution in [3.8, 4) is 0 Å². The second kappa shape index (κ2) is 20.4. The van der Waals surface area contributed by atoms with E-state index in [1.165, 1.54) is 0 Å². The van der Waals surface area contributed by atoms with Gasteiger partial charge in [-0.25, -0.2) is 0 Å². The second-order valence-electron chi connectivity index (χ2n) is 0. The summed E-state index contributed by atoms with van der Waals surface area (Å²) in [6, 6.07) is 0. The molecule has 0 aromatic heterocycles. The maximum atomic E-state index is 0. The predicted octanol–water partition coefficient (Wildman–Crippen LogP) is -1.19. The maximum Gasteiger partial charge on any atom is 0.0814 e. The minimum Gasteiger partial charge on any atom is 0 e. The first-order chi connectivity index (χ1) is 0. The fourth-order valence-corrected chi connectivity index (χ4v) is 0. The molecule has 4 heavy (non-hydrogen) atoms. The van der Waals surface area contributed by atoms with E-state index in [-0.39, 0.29) is 67.0 Å². The largest absolute Gasteiger partial charge is 0.0814 e. The van der Waals surface area contributed by atoms with Crippen LogP contribution in [0.3, 0.4) is 0 Å². The Morgan fingerprint density at radius 3 is 1.00 bits per heavy atom. The third-order valence-electron chi connectivity index (χ3n) is 0. The van der Waals surface area contributed by atoms with Gasteiger partial charge in [0.25, 0.3) is 0 Å². The first kappa shape index (κ1) is 38.6. The van der Waals surface area contributed by atoms with Crippen LogP contribution in [0.4, 0.5) is 0 Å². The van der Waals surface area contributed by atoms with Crippen LogP contribution in [-0.2, 0) is 58.6 Å². The van der Waals surface area contributed by atoms with Gasteiger partial charge in [0, 0.05) is 58.6 Å². The molecular weight excluding hydrogens is 349 g/mol. The summed E-state index contributed by atoms with van der Waals surface area (Å²) in [6.07, 6.45) is 0. The average Bonchev–Trinajstić information content (AvgIpc) is 0. The topological polar surface area (TPSA) is 0 Å². The predicted molar refractivity (Wildman–Crippen MR) is 9.94 cm³/mol. The van der Waals surface area contributed by atoms with E-state index in [1.807, 2.05) is 0 Å². The molecule has 0 atom stereocenters. The Kier molecular flexibility index (Phi) is 197. The van der Waals surface area contributed by atoms with E-state index in [9.17, 15) is 0 Å². The molecule has 0 fully saturated rings. The monoisotopic (exact) mass is 354 g/mol. The number of hydrogen-bond donors (Lipinski definition) is 0. The first-order valence-corrected chi connectivity index (χ1v) is 0. The summed E-state index contributed by atoms with van der Waals surface area (Å²) in [5, 5.41) is 0. The van der Waals surface area contributed by atoms with Gasteiger partial charge in [-0.3, -0.25) is 0 Å². The summed E-state index contributed by atoms with van der Waals surface area (Å²) in [5.74, 6) is 0. The van der Waals surface area contributed by atoms with Crippen molar-refractivity contribution < 1.29 is 58.6 Å². The van der Waals surface area contributed by atoms with E-state index in [1.54, 1.807) is 0 Å². The molecule has 0 unspecified atom stereocenters. The molecular formula is H3BMoNiW. The van der Waals surface area contributed by atoms with E-state index in [4.69, 9.17) is 0 Å². The van der Waals surface area contributed by atoms with Crippen LogP contribution in [0.1, 0.15) is 0 Å². The van der Waals surface area contributed by atoms with Crippen molar-refractivity contribution >= 4 is 8.41 Å². The molecule has 0 rings (SSSR count). The second-order valence-corrected chi connectivity index (χ2v) is 0. The molecule has 0 bridgehead atoms. The van der Waals surface area contributed by atoms with Crippen molar-refractivity contribution in [1.82, 2.24) is 0 Å². The van der Waals surface area contributed by atoms with Gasteiger partial charge in [-0.2, -0.15) is 0 Å². The minimum absolute atomic E-state index is 0. The third kappa shape index (κ3) is 9.05. The molecule has 0 aliphatic carbocycles. The van der Waals surface area contributed by atoms with Crippen molar-refractivity contribution in [3.63, 3.8) is 0 Å². The third-order valence-corrected chi connectivity index (χ3v) is 0. The number of hydrogen-bond acceptors (Lipinski definition) is 0. The van der Waals surface area contributed by atoms with E-state index >= 15 is 0 Å². The van der Waals surface area contributed by atoms with Crippen molar-refractivity contribution in [2.45, 2.75) is 0 Å². The van der Waals surface area contributed by atoms with Gasteiger partial charge in [0.05, 0.1) is 8.41 Å². The van der Waals surface area contributed by atoms with Crippen LogP contribution < -0.4 is 0 Å². The molecule has 0 amide bonds. The van der Waals surface area contributed by atoms with Crippen molar-refractivity contribution in [1.29, 1.82) is 0 Å². The Bertz CT molecular complexity index is 8.00. The Labute approximate surface area is 66.5 Å². The first-order valence-electron chi connectivity index (χ1n) is 0. The van der Waals surface area contributed by atoms with E-state index in [2.05, 4.69) is 0 Å². The van der Waals surface area contributed by atoms with Crippen molar-refractivity contribution in [2.24, 2.45) is 0 Å². The summed E-state index contributed by atoms with van der Waals surface area (Å²) < 4.78 is 0. The van der Waals surface area contributed by atoms with Crippen LogP contribution in [0, 0.1) is 0 Å². The standard InChI is InChI=1S/BH3.Mo.Ni.W/h1H3;;;. The van der Waals surface area contributed by atoms with Crippen molar-refractivity contribution in [3.05, 3.63) is 0 Å². The molecule has 0 N–H and O–H groups in total. The SMILES string of the molecule is B.[Mo].[Ni].[W]. The van der Waals surface area contributed by atoms with Crippen LogP contribution in [0.25, 0.3) is 0 Å². The molecule has 0 aliphatic rings. The Hall–Kier alpha value is 1.94. The van der Waals surface area contributed by atoms with E-state index in [0.717, 1.165) is 0 Å². The average molecular weight is 352 g/mol. The van der Waals surface area contributed by atoms with Gasteiger partial charge in [0.15, 0.2) is 0 Å². The molecule has 0 saturated heterocycles. The molecule has 4 heteroatoms. The molecule has 0 spiro atoms. The molecule has 28 valence electrons. The van der Waals surface area contributed by atoms with Crippen molar-refractivity contribution in [2.75, 3.05) is 0 Å². The Morgan fingerprint density at radius 1 is 1.00 bits per heavy atom. The summed E-state index contributed by atoms with van der Waals surface area (Å²) in [6.45, 7) is 0. The smallest absolute Gasteiger partial charge is 0 e. The molecule has 0 nitrogen and oxygen atoms in total. The maximum absolute atomic E-state index is 0. The fraction of sp³-hybridized carbons (Fsp3) is 0. The van der Waals surface area contributed by atoms with E-state index < -0.39 is 0 Å². The van der Waals surface area contributed by atoms with Gasteiger partial charge in [-0.15, -0.1) is 0 Å². The van der Waals surface area contributed by atoms with Gasteiger partial charge >= 0.3 is 0 Å². The van der Waals surface area contributed by atoms with Crippen LogP contribution >= 0.6 is 0 Å². The van der Waals surface area contributed by atoms with E-state index in [0.29, 0.717) is 0 Å².